The van der Waals surface area contributed by atoms with Gasteiger partial charge in [-0.1, -0.05) is 38.0 Å². The van der Waals surface area contributed by atoms with Crippen molar-refractivity contribution in [1.29, 1.82) is 0 Å². The van der Waals surface area contributed by atoms with Crippen LogP contribution in [0.25, 0.3) is 0 Å². The number of benzene rings is 1. The van der Waals surface area contributed by atoms with Crippen molar-refractivity contribution in [3.05, 3.63) is 29.8 Å². The normalized spacial score (nSPS) is 25.6. The number of nitrogens with one attached hydrogen (secondary N) is 1. The maximum atomic E-state index is 10.0. The molecule has 2 rings (SSSR count). The van der Waals surface area contributed by atoms with E-state index in [1.165, 1.54) is 12.8 Å². The van der Waals surface area contributed by atoms with Crippen LogP contribution in [0.4, 0.5) is 0 Å². The molecule has 0 bridgehead atoms. The minimum atomic E-state index is 0.0122. The van der Waals surface area contributed by atoms with Crippen molar-refractivity contribution in [2.75, 3.05) is 6.54 Å². The average Bonchev–Trinajstić information content (AvgIpc) is 2.31. The van der Waals surface area contributed by atoms with E-state index in [-0.39, 0.29) is 5.54 Å². The smallest absolute Gasteiger partial charge is 0.120 e. The molecule has 2 heteroatoms. The maximum absolute atomic E-state index is 10.0. The first-order chi connectivity index (χ1) is 7.78. The van der Waals surface area contributed by atoms with Gasteiger partial charge in [0.05, 0.1) is 0 Å². The zero-order chi connectivity index (χ0) is 11.4. The molecule has 1 saturated heterocycles. The van der Waals surface area contributed by atoms with Crippen LogP contribution >= 0.6 is 0 Å². The van der Waals surface area contributed by atoms with E-state index in [0.717, 1.165) is 31.4 Å². The number of hydrogen-bond acceptors (Lipinski definition) is 2. The van der Waals surface area contributed by atoms with E-state index in [1.54, 1.807) is 6.07 Å². The highest BCUT2D eigenvalue weighted by molar-refractivity contribution is 5.38. The standard InChI is InChI=1S/C14H21NO/c1-2-9-14(10-5-6-11-15-14)12-7-3-4-8-13(12)16/h3-4,7-8,15-16H,2,5-6,9-11H2,1H3. The molecule has 88 valence electrons. The van der Waals surface area contributed by atoms with Gasteiger partial charge in [0.1, 0.15) is 5.75 Å². The molecule has 1 heterocycles. The van der Waals surface area contributed by atoms with E-state index in [1.807, 2.05) is 12.1 Å². The summed E-state index contributed by atoms with van der Waals surface area (Å²) in [5, 5.41) is 13.6. The maximum Gasteiger partial charge on any atom is 0.120 e. The van der Waals surface area contributed by atoms with Gasteiger partial charge in [-0.3, -0.25) is 0 Å². The van der Waals surface area contributed by atoms with E-state index in [4.69, 9.17) is 0 Å². The summed E-state index contributed by atoms with van der Waals surface area (Å²) in [7, 11) is 0. The van der Waals surface area contributed by atoms with Crippen molar-refractivity contribution in [3.8, 4) is 5.75 Å². The summed E-state index contributed by atoms with van der Waals surface area (Å²) in [5.41, 5.74) is 1.09. The summed E-state index contributed by atoms with van der Waals surface area (Å²) >= 11 is 0. The van der Waals surface area contributed by atoms with Gasteiger partial charge in [0, 0.05) is 11.1 Å². The van der Waals surface area contributed by atoms with Gasteiger partial charge < -0.3 is 10.4 Å². The summed E-state index contributed by atoms with van der Waals surface area (Å²) in [6, 6.07) is 7.76. The first kappa shape index (κ1) is 11.5. The summed E-state index contributed by atoms with van der Waals surface area (Å²) in [4.78, 5) is 0. The lowest BCUT2D eigenvalue weighted by molar-refractivity contribution is 0.231. The van der Waals surface area contributed by atoms with Gasteiger partial charge >= 0.3 is 0 Å². The molecule has 16 heavy (non-hydrogen) atoms. The Labute approximate surface area is 97.7 Å². The molecule has 1 aliphatic heterocycles. The van der Waals surface area contributed by atoms with Crippen LogP contribution in [0.1, 0.15) is 44.6 Å². The highest BCUT2D eigenvalue weighted by Gasteiger charge is 2.34. The fraction of sp³-hybridized carbons (Fsp3) is 0.571. The van der Waals surface area contributed by atoms with Crippen molar-refractivity contribution in [2.45, 2.75) is 44.6 Å². The minimum Gasteiger partial charge on any atom is -0.508 e. The Hall–Kier alpha value is -1.02. The fourth-order valence-corrected chi connectivity index (χ4v) is 2.85. The van der Waals surface area contributed by atoms with E-state index < -0.39 is 0 Å². The summed E-state index contributed by atoms with van der Waals surface area (Å²) in [6.45, 7) is 3.27. The second kappa shape index (κ2) is 4.88. The van der Waals surface area contributed by atoms with Crippen LogP contribution in [0.3, 0.4) is 0 Å². The second-order valence-corrected chi connectivity index (χ2v) is 4.73. The second-order valence-electron chi connectivity index (χ2n) is 4.73. The molecule has 0 radical (unpaired) electrons. The fourth-order valence-electron chi connectivity index (χ4n) is 2.85. The van der Waals surface area contributed by atoms with E-state index in [0.29, 0.717) is 5.75 Å². The van der Waals surface area contributed by atoms with Gasteiger partial charge in [0.15, 0.2) is 0 Å². The third-order valence-corrected chi connectivity index (χ3v) is 3.59. The Bertz CT molecular complexity index is 337. The van der Waals surface area contributed by atoms with E-state index in [9.17, 15) is 5.11 Å². The first-order valence-electron chi connectivity index (χ1n) is 6.32. The highest BCUT2D eigenvalue weighted by Crippen LogP contribution is 2.38. The van der Waals surface area contributed by atoms with Gasteiger partial charge in [-0.05, 0) is 31.9 Å². The van der Waals surface area contributed by atoms with E-state index in [2.05, 4.69) is 18.3 Å². The van der Waals surface area contributed by atoms with Crippen LogP contribution in [0, 0.1) is 0 Å². The number of phenolic OH excluding ortho intramolecular Hbond substituents is 1. The van der Waals surface area contributed by atoms with Crippen molar-refractivity contribution in [3.63, 3.8) is 0 Å². The van der Waals surface area contributed by atoms with Crippen molar-refractivity contribution in [2.24, 2.45) is 0 Å². The first-order valence-corrected chi connectivity index (χ1v) is 6.32. The van der Waals surface area contributed by atoms with Crippen molar-refractivity contribution < 1.29 is 5.11 Å². The molecular formula is C14H21NO. The molecule has 1 aromatic carbocycles. The topological polar surface area (TPSA) is 32.3 Å². The summed E-state index contributed by atoms with van der Waals surface area (Å²) in [6.07, 6.45) is 5.88. The molecule has 1 unspecified atom stereocenters. The zero-order valence-corrected chi connectivity index (χ0v) is 10.00. The molecule has 1 atom stereocenters. The number of para-hydroxylation sites is 1. The van der Waals surface area contributed by atoms with Gasteiger partial charge in [-0.25, -0.2) is 0 Å². The van der Waals surface area contributed by atoms with Crippen LogP contribution < -0.4 is 5.32 Å². The lowest BCUT2D eigenvalue weighted by atomic mass is 9.78. The molecule has 1 aromatic rings. The largest absolute Gasteiger partial charge is 0.508 e. The average molecular weight is 219 g/mol. The summed E-state index contributed by atoms with van der Waals surface area (Å²) in [5.74, 6) is 0.436. The Balaban J connectivity index is 2.34. The van der Waals surface area contributed by atoms with Crippen LogP contribution in [0.2, 0.25) is 0 Å². The SMILES string of the molecule is CCCC1(c2ccccc2O)CCCCN1. The van der Waals surface area contributed by atoms with Crippen molar-refractivity contribution >= 4 is 0 Å². The lowest BCUT2D eigenvalue weighted by Gasteiger charge is -2.39. The van der Waals surface area contributed by atoms with Gasteiger partial charge in [0.25, 0.3) is 0 Å². The number of piperidine rings is 1. The predicted molar refractivity (Wildman–Crippen MR) is 66.5 cm³/mol. The monoisotopic (exact) mass is 219 g/mol. The molecule has 0 saturated carbocycles. The Morgan fingerprint density at radius 3 is 2.75 bits per heavy atom. The molecule has 1 aliphatic rings. The quantitative estimate of drug-likeness (QED) is 0.818. The Kier molecular flexibility index (Phi) is 3.49. The van der Waals surface area contributed by atoms with Gasteiger partial charge in [-0.2, -0.15) is 0 Å². The number of aromatic hydroxyl groups is 1. The van der Waals surface area contributed by atoms with Gasteiger partial charge in [0.2, 0.25) is 0 Å². The van der Waals surface area contributed by atoms with Crippen LogP contribution in [0.15, 0.2) is 24.3 Å². The molecule has 0 aromatic heterocycles. The predicted octanol–water partition coefficient (Wildman–Crippen LogP) is 3.16. The van der Waals surface area contributed by atoms with Crippen LogP contribution in [0.5, 0.6) is 5.75 Å². The number of rotatable bonds is 3. The van der Waals surface area contributed by atoms with Crippen LogP contribution in [-0.2, 0) is 5.54 Å². The molecule has 2 N–H and O–H groups in total. The highest BCUT2D eigenvalue weighted by atomic mass is 16.3. The molecule has 0 spiro atoms. The lowest BCUT2D eigenvalue weighted by Crippen LogP contribution is -2.45. The molecule has 1 fully saturated rings. The molecular weight excluding hydrogens is 198 g/mol. The Morgan fingerprint density at radius 1 is 1.31 bits per heavy atom. The third kappa shape index (κ3) is 2.07. The number of phenols is 1. The molecule has 2 nitrogen and oxygen atoms in total. The van der Waals surface area contributed by atoms with E-state index >= 15 is 0 Å². The number of hydrogen-bond donors (Lipinski definition) is 2. The summed E-state index contributed by atoms with van der Waals surface area (Å²) < 4.78 is 0. The Morgan fingerprint density at radius 2 is 2.12 bits per heavy atom. The van der Waals surface area contributed by atoms with Crippen molar-refractivity contribution in [1.82, 2.24) is 5.32 Å². The minimum absolute atomic E-state index is 0.0122. The third-order valence-electron chi connectivity index (χ3n) is 3.59. The zero-order valence-electron chi connectivity index (χ0n) is 10.00. The van der Waals surface area contributed by atoms with Gasteiger partial charge in [-0.15, -0.1) is 0 Å². The molecule has 0 amide bonds. The van der Waals surface area contributed by atoms with Crippen LogP contribution in [-0.4, -0.2) is 11.7 Å². The molecule has 0 aliphatic carbocycles.